The lowest BCUT2D eigenvalue weighted by Crippen LogP contribution is -1.96. The molecule has 0 saturated carbocycles. The average molecular weight is 141 g/mol. The maximum absolute atomic E-state index is 8.59. The summed E-state index contributed by atoms with van der Waals surface area (Å²) in [6.07, 6.45) is 1.74. The monoisotopic (exact) mass is 141 g/mol. The molecular weight excluding hydrogens is 130 g/mol. The highest BCUT2D eigenvalue weighted by Gasteiger charge is 2.02. The fourth-order valence-corrected chi connectivity index (χ4v) is 0.647. The quantitative estimate of drug-likeness (QED) is 0.646. The highest BCUT2D eigenvalue weighted by Crippen LogP contribution is 2.08. The molecule has 0 saturated heterocycles. The SMILES string of the molecule is CC(C)c1cn(CO)nn1. The minimum Gasteiger partial charge on any atom is -0.374 e. The molecule has 0 bridgehead atoms. The van der Waals surface area contributed by atoms with E-state index in [2.05, 4.69) is 10.3 Å². The predicted octanol–water partition coefficient (Wildman–Crippen LogP) is 0.351. The van der Waals surface area contributed by atoms with E-state index in [9.17, 15) is 0 Å². The van der Waals surface area contributed by atoms with E-state index in [0.29, 0.717) is 5.92 Å². The highest BCUT2D eigenvalue weighted by molar-refractivity contribution is 4.97. The molecule has 1 aromatic rings. The second-order valence-corrected chi connectivity index (χ2v) is 2.48. The van der Waals surface area contributed by atoms with Gasteiger partial charge >= 0.3 is 0 Å². The minimum atomic E-state index is -0.0975. The molecule has 0 radical (unpaired) electrons. The normalized spacial score (nSPS) is 10.8. The van der Waals surface area contributed by atoms with Crippen molar-refractivity contribution in [2.24, 2.45) is 0 Å². The first-order chi connectivity index (χ1) is 4.74. The second-order valence-electron chi connectivity index (χ2n) is 2.48. The van der Waals surface area contributed by atoms with Crippen molar-refractivity contribution in [3.8, 4) is 0 Å². The molecule has 1 aromatic heterocycles. The molecule has 1 heterocycles. The first kappa shape index (κ1) is 7.21. The number of hydrogen-bond acceptors (Lipinski definition) is 3. The number of nitrogens with zero attached hydrogens (tertiary/aromatic N) is 3. The van der Waals surface area contributed by atoms with Crippen molar-refractivity contribution in [3.63, 3.8) is 0 Å². The highest BCUT2D eigenvalue weighted by atomic mass is 16.3. The van der Waals surface area contributed by atoms with E-state index >= 15 is 0 Å². The van der Waals surface area contributed by atoms with Gasteiger partial charge in [-0.1, -0.05) is 19.1 Å². The van der Waals surface area contributed by atoms with Crippen LogP contribution in [0.25, 0.3) is 0 Å². The molecule has 0 fully saturated rings. The summed E-state index contributed by atoms with van der Waals surface area (Å²) in [5.74, 6) is 0.375. The van der Waals surface area contributed by atoms with Crippen LogP contribution in [0.5, 0.6) is 0 Å². The Kier molecular flexibility index (Phi) is 2.01. The van der Waals surface area contributed by atoms with Gasteiger partial charge in [0.25, 0.3) is 0 Å². The van der Waals surface area contributed by atoms with E-state index in [1.54, 1.807) is 6.20 Å². The topological polar surface area (TPSA) is 50.9 Å². The van der Waals surface area contributed by atoms with Gasteiger partial charge in [0.1, 0.15) is 6.73 Å². The van der Waals surface area contributed by atoms with Crippen molar-refractivity contribution in [2.75, 3.05) is 0 Å². The minimum absolute atomic E-state index is 0.0975. The van der Waals surface area contributed by atoms with Gasteiger partial charge in [0.2, 0.25) is 0 Å². The van der Waals surface area contributed by atoms with Gasteiger partial charge in [-0.05, 0) is 5.92 Å². The average Bonchev–Trinajstić information content (AvgIpc) is 2.34. The zero-order valence-corrected chi connectivity index (χ0v) is 6.15. The summed E-state index contributed by atoms with van der Waals surface area (Å²) < 4.78 is 1.40. The van der Waals surface area contributed by atoms with Crippen LogP contribution in [-0.2, 0) is 6.73 Å². The van der Waals surface area contributed by atoms with Crippen LogP contribution in [0.2, 0.25) is 0 Å². The molecule has 4 heteroatoms. The van der Waals surface area contributed by atoms with Crippen LogP contribution in [0.1, 0.15) is 25.5 Å². The lowest BCUT2D eigenvalue weighted by molar-refractivity contribution is 0.192. The Balaban J connectivity index is 2.78. The lowest BCUT2D eigenvalue weighted by atomic mass is 10.2. The first-order valence-corrected chi connectivity index (χ1v) is 3.25. The number of aromatic nitrogens is 3. The number of rotatable bonds is 2. The zero-order chi connectivity index (χ0) is 7.56. The third-order valence-corrected chi connectivity index (χ3v) is 1.29. The summed E-state index contributed by atoms with van der Waals surface area (Å²) in [7, 11) is 0. The molecule has 0 amide bonds. The van der Waals surface area contributed by atoms with Crippen molar-refractivity contribution in [3.05, 3.63) is 11.9 Å². The Labute approximate surface area is 59.5 Å². The standard InChI is InChI=1S/C6H11N3O/c1-5(2)6-3-9(4-10)8-7-6/h3,5,10H,4H2,1-2H3. The molecule has 10 heavy (non-hydrogen) atoms. The first-order valence-electron chi connectivity index (χ1n) is 3.25. The molecule has 0 aliphatic rings. The third-order valence-electron chi connectivity index (χ3n) is 1.29. The van der Waals surface area contributed by atoms with Crippen molar-refractivity contribution in [1.82, 2.24) is 15.0 Å². The van der Waals surface area contributed by atoms with Crippen LogP contribution in [0.15, 0.2) is 6.20 Å². The molecule has 0 aliphatic heterocycles. The van der Waals surface area contributed by atoms with Crippen LogP contribution >= 0.6 is 0 Å². The maximum Gasteiger partial charge on any atom is 0.137 e. The van der Waals surface area contributed by atoms with Crippen LogP contribution < -0.4 is 0 Å². The van der Waals surface area contributed by atoms with Crippen molar-refractivity contribution >= 4 is 0 Å². The van der Waals surface area contributed by atoms with Gasteiger partial charge < -0.3 is 5.11 Å². The molecule has 0 atom stereocenters. The van der Waals surface area contributed by atoms with Crippen LogP contribution in [0.3, 0.4) is 0 Å². The molecule has 0 aliphatic carbocycles. The van der Waals surface area contributed by atoms with E-state index < -0.39 is 0 Å². The van der Waals surface area contributed by atoms with E-state index in [4.69, 9.17) is 5.11 Å². The lowest BCUT2D eigenvalue weighted by Gasteiger charge is -1.94. The Hall–Kier alpha value is -0.900. The number of aliphatic hydroxyl groups is 1. The smallest absolute Gasteiger partial charge is 0.137 e. The van der Waals surface area contributed by atoms with Crippen molar-refractivity contribution < 1.29 is 5.11 Å². The van der Waals surface area contributed by atoms with Crippen molar-refractivity contribution in [2.45, 2.75) is 26.5 Å². The fourth-order valence-electron chi connectivity index (χ4n) is 0.647. The summed E-state index contributed by atoms with van der Waals surface area (Å²) in [5.41, 5.74) is 0.911. The number of aliphatic hydroxyl groups excluding tert-OH is 1. The molecule has 1 rings (SSSR count). The number of hydrogen-bond donors (Lipinski definition) is 1. The van der Waals surface area contributed by atoms with Gasteiger partial charge in [-0.3, -0.25) is 0 Å². The Morgan fingerprint density at radius 3 is 2.70 bits per heavy atom. The molecule has 4 nitrogen and oxygen atoms in total. The largest absolute Gasteiger partial charge is 0.374 e. The molecular formula is C6H11N3O. The van der Waals surface area contributed by atoms with Gasteiger partial charge in [0, 0.05) is 0 Å². The molecule has 0 aromatic carbocycles. The van der Waals surface area contributed by atoms with Crippen LogP contribution in [0.4, 0.5) is 0 Å². The Bertz CT molecular complexity index is 207. The van der Waals surface area contributed by atoms with Gasteiger partial charge in [-0.2, -0.15) is 0 Å². The van der Waals surface area contributed by atoms with Gasteiger partial charge in [0.05, 0.1) is 11.9 Å². The second kappa shape index (κ2) is 2.79. The Morgan fingerprint density at radius 1 is 1.70 bits per heavy atom. The van der Waals surface area contributed by atoms with Gasteiger partial charge in [0.15, 0.2) is 0 Å². The summed E-state index contributed by atoms with van der Waals surface area (Å²) >= 11 is 0. The van der Waals surface area contributed by atoms with E-state index in [1.807, 2.05) is 13.8 Å². The summed E-state index contributed by atoms with van der Waals surface area (Å²) in [5, 5.41) is 16.1. The van der Waals surface area contributed by atoms with Gasteiger partial charge in [-0.25, -0.2) is 4.68 Å². The maximum atomic E-state index is 8.59. The predicted molar refractivity (Wildman–Crippen MR) is 36.3 cm³/mol. The molecule has 56 valence electrons. The van der Waals surface area contributed by atoms with Crippen LogP contribution in [-0.4, -0.2) is 20.1 Å². The van der Waals surface area contributed by atoms with E-state index in [-0.39, 0.29) is 6.73 Å². The summed E-state index contributed by atoms with van der Waals surface area (Å²) in [4.78, 5) is 0. The van der Waals surface area contributed by atoms with Gasteiger partial charge in [-0.15, -0.1) is 5.10 Å². The van der Waals surface area contributed by atoms with E-state index in [1.165, 1.54) is 4.68 Å². The third kappa shape index (κ3) is 1.33. The van der Waals surface area contributed by atoms with E-state index in [0.717, 1.165) is 5.69 Å². The Morgan fingerprint density at radius 2 is 2.40 bits per heavy atom. The molecule has 0 unspecified atom stereocenters. The van der Waals surface area contributed by atoms with Crippen molar-refractivity contribution in [1.29, 1.82) is 0 Å². The molecule has 1 N–H and O–H groups in total. The summed E-state index contributed by atoms with van der Waals surface area (Å²) in [6, 6.07) is 0. The summed E-state index contributed by atoms with van der Waals surface area (Å²) in [6.45, 7) is 3.97. The van der Waals surface area contributed by atoms with Crippen LogP contribution in [0, 0.1) is 0 Å². The zero-order valence-electron chi connectivity index (χ0n) is 6.15. The fraction of sp³-hybridized carbons (Fsp3) is 0.667. The molecule has 0 spiro atoms.